The number of hydrogen-bond acceptors (Lipinski definition) is 4. The fraction of sp³-hybridized carbons (Fsp3) is 0.611. The van der Waals surface area contributed by atoms with Crippen molar-refractivity contribution >= 4 is 23.2 Å². The lowest BCUT2D eigenvalue weighted by Gasteiger charge is -2.27. The number of carbonyl (C=O) groups excluding carboxylic acids is 1. The zero-order valence-corrected chi connectivity index (χ0v) is 15.1. The first kappa shape index (κ1) is 17.4. The maximum absolute atomic E-state index is 12.6. The van der Waals surface area contributed by atoms with Gasteiger partial charge in [0.15, 0.2) is 0 Å². The number of fused-ring (bicyclic) bond motifs is 1. The SMILES string of the molecule is CCN1CC2CCCC2C1CNC(=O)c1cc(Cl)c(N)cc1OC. The number of nitrogens with zero attached hydrogens (tertiary/aromatic N) is 1. The molecule has 24 heavy (non-hydrogen) atoms. The van der Waals surface area contributed by atoms with Gasteiger partial charge in [-0.2, -0.15) is 0 Å². The lowest BCUT2D eigenvalue weighted by molar-refractivity contribution is 0.0932. The van der Waals surface area contributed by atoms with Gasteiger partial charge in [0, 0.05) is 25.2 Å². The molecule has 2 fully saturated rings. The number of carbonyl (C=O) groups is 1. The summed E-state index contributed by atoms with van der Waals surface area (Å²) in [5.41, 5.74) is 6.62. The second-order valence-electron chi connectivity index (χ2n) is 6.79. The molecule has 1 saturated heterocycles. The van der Waals surface area contributed by atoms with Crippen LogP contribution in [0.1, 0.15) is 36.5 Å². The van der Waals surface area contributed by atoms with Gasteiger partial charge >= 0.3 is 0 Å². The second kappa shape index (κ2) is 7.19. The lowest BCUT2D eigenvalue weighted by atomic mass is 9.94. The Bertz CT molecular complexity index is 623. The molecule has 6 heteroatoms. The number of hydrogen-bond donors (Lipinski definition) is 2. The summed E-state index contributed by atoms with van der Waals surface area (Å²) in [6.07, 6.45) is 3.92. The van der Waals surface area contributed by atoms with Crippen LogP contribution in [0.15, 0.2) is 12.1 Å². The summed E-state index contributed by atoms with van der Waals surface area (Å²) in [6, 6.07) is 3.61. The minimum Gasteiger partial charge on any atom is -0.496 e. The number of ether oxygens (including phenoxy) is 1. The van der Waals surface area contributed by atoms with Gasteiger partial charge < -0.3 is 15.8 Å². The number of nitrogen functional groups attached to an aromatic ring is 1. The summed E-state index contributed by atoms with van der Waals surface area (Å²) in [5, 5.41) is 3.45. The van der Waals surface area contributed by atoms with Gasteiger partial charge in [0.1, 0.15) is 5.75 Å². The summed E-state index contributed by atoms with van der Waals surface area (Å²) in [7, 11) is 1.53. The molecular formula is C18H26ClN3O2. The van der Waals surface area contributed by atoms with E-state index in [2.05, 4.69) is 17.1 Å². The number of anilines is 1. The van der Waals surface area contributed by atoms with Crippen LogP contribution in [-0.4, -0.2) is 43.6 Å². The topological polar surface area (TPSA) is 67.6 Å². The van der Waals surface area contributed by atoms with Gasteiger partial charge in [-0.25, -0.2) is 0 Å². The first-order valence-electron chi connectivity index (χ1n) is 8.70. The van der Waals surface area contributed by atoms with Crippen molar-refractivity contribution in [3.05, 3.63) is 22.7 Å². The highest BCUT2D eigenvalue weighted by Crippen LogP contribution is 2.41. The fourth-order valence-corrected chi connectivity index (χ4v) is 4.52. The summed E-state index contributed by atoms with van der Waals surface area (Å²) in [6.45, 7) is 5.06. The molecule has 1 aromatic rings. The molecule has 1 aliphatic heterocycles. The van der Waals surface area contributed by atoms with E-state index in [0.717, 1.165) is 12.5 Å². The van der Waals surface area contributed by atoms with Crippen LogP contribution < -0.4 is 15.8 Å². The van der Waals surface area contributed by atoms with Crippen molar-refractivity contribution < 1.29 is 9.53 Å². The van der Waals surface area contributed by atoms with E-state index in [0.29, 0.717) is 40.5 Å². The van der Waals surface area contributed by atoms with Crippen LogP contribution in [-0.2, 0) is 0 Å². The van der Waals surface area contributed by atoms with Gasteiger partial charge in [-0.05, 0) is 37.3 Å². The van der Waals surface area contributed by atoms with Crippen molar-refractivity contribution in [3.63, 3.8) is 0 Å². The third-order valence-electron chi connectivity index (χ3n) is 5.59. The van der Waals surface area contributed by atoms with E-state index in [4.69, 9.17) is 22.1 Å². The molecule has 132 valence electrons. The molecule has 0 spiro atoms. The Labute approximate surface area is 148 Å². The van der Waals surface area contributed by atoms with Crippen molar-refractivity contribution in [1.29, 1.82) is 0 Å². The molecule has 0 bridgehead atoms. The van der Waals surface area contributed by atoms with E-state index in [-0.39, 0.29) is 5.91 Å². The Hall–Kier alpha value is -1.46. The highest BCUT2D eigenvalue weighted by atomic mass is 35.5. The number of likely N-dealkylation sites (N-methyl/N-ethyl adjacent to an activating group) is 1. The van der Waals surface area contributed by atoms with E-state index >= 15 is 0 Å². The molecule has 2 aliphatic rings. The van der Waals surface area contributed by atoms with E-state index < -0.39 is 0 Å². The third-order valence-corrected chi connectivity index (χ3v) is 5.92. The largest absolute Gasteiger partial charge is 0.496 e. The molecular weight excluding hydrogens is 326 g/mol. The minimum absolute atomic E-state index is 0.161. The lowest BCUT2D eigenvalue weighted by Crippen LogP contribution is -2.43. The number of nitrogens with two attached hydrogens (primary N) is 1. The van der Waals surface area contributed by atoms with Crippen molar-refractivity contribution in [2.75, 3.05) is 32.5 Å². The van der Waals surface area contributed by atoms with Gasteiger partial charge in [-0.15, -0.1) is 0 Å². The van der Waals surface area contributed by atoms with Crippen LogP contribution in [0.5, 0.6) is 5.75 Å². The molecule has 1 amide bonds. The Morgan fingerprint density at radius 1 is 1.46 bits per heavy atom. The monoisotopic (exact) mass is 351 g/mol. The van der Waals surface area contributed by atoms with E-state index in [1.807, 2.05) is 0 Å². The highest BCUT2D eigenvalue weighted by Gasteiger charge is 2.43. The van der Waals surface area contributed by atoms with Crippen LogP contribution in [0.2, 0.25) is 5.02 Å². The molecule has 3 rings (SSSR count). The maximum Gasteiger partial charge on any atom is 0.255 e. The molecule has 0 radical (unpaired) electrons. The Morgan fingerprint density at radius 2 is 2.25 bits per heavy atom. The average Bonchev–Trinajstić information content (AvgIpc) is 3.15. The van der Waals surface area contributed by atoms with Crippen LogP contribution in [0.4, 0.5) is 5.69 Å². The van der Waals surface area contributed by atoms with E-state index in [1.54, 1.807) is 12.1 Å². The first-order valence-corrected chi connectivity index (χ1v) is 9.08. The molecule has 1 heterocycles. The molecule has 1 saturated carbocycles. The van der Waals surface area contributed by atoms with Crippen molar-refractivity contribution in [1.82, 2.24) is 10.2 Å². The Morgan fingerprint density at radius 3 is 2.96 bits per heavy atom. The predicted octanol–water partition coefficient (Wildman–Crippen LogP) is 2.78. The smallest absolute Gasteiger partial charge is 0.255 e. The number of likely N-dealkylation sites (tertiary alicyclic amines) is 1. The van der Waals surface area contributed by atoms with Crippen molar-refractivity contribution in [3.8, 4) is 5.75 Å². The minimum atomic E-state index is -0.161. The zero-order valence-electron chi connectivity index (χ0n) is 14.3. The van der Waals surface area contributed by atoms with Crippen molar-refractivity contribution in [2.24, 2.45) is 11.8 Å². The molecule has 1 aliphatic carbocycles. The van der Waals surface area contributed by atoms with Crippen LogP contribution in [0.25, 0.3) is 0 Å². The first-order chi connectivity index (χ1) is 11.5. The Balaban J connectivity index is 1.70. The summed E-state index contributed by atoms with van der Waals surface area (Å²) in [5.74, 6) is 1.80. The predicted molar refractivity (Wildman–Crippen MR) is 96.6 cm³/mol. The van der Waals surface area contributed by atoms with E-state index in [9.17, 15) is 4.79 Å². The van der Waals surface area contributed by atoms with Gasteiger partial charge in [-0.3, -0.25) is 9.69 Å². The molecule has 3 unspecified atom stereocenters. The molecule has 3 atom stereocenters. The quantitative estimate of drug-likeness (QED) is 0.800. The van der Waals surface area contributed by atoms with Gasteiger partial charge in [0.2, 0.25) is 0 Å². The number of rotatable bonds is 5. The molecule has 1 aromatic carbocycles. The van der Waals surface area contributed by atoms with Gasteiger partial charge in [0.25, 0.3) is 5.91 Å². The number of benzene rings is 1. The van der Waals surface area contributed by atoms with E-state index in [1.165, 1.54) is 32.9 Å². The van der Waals surface area contributed by atoms with Gasteiger partial charge in [-0.1, -0.05) is 24.9 Å². The molecule has 3 N–H and O–H groups in total. The van der Waals surface area contributed by atoms with Crippen LogP contribution >= 0.6 is 11.6 Å². The number of methoxy groups -OCH3 is 1. The third kappa shape index (κ3) is 3.20. The number of amides is 1. The molecule has 0 aromatic heterocycles. The second-order valence-corrected chi connectivity index (χ2v) is 7.20. The summed E-state index contributed by atoms with van der Waals surface area (Å²) < 4.78 is 5.28. The molecule has 5 nitrogen and oxygen atoms in total. The number of halogens is 1. The van der Waals surface area contributed by atoms with Crippen molar-refractivity contribution in [2.45, 2.75) is 32.2 Å². The summed E-state index contributed by atoms with van der Waals surface area (Å²) in [4.78, 5) is 15.1. The summed E-state index contributed by atoms with van der Waals surface area (Å²) >= 11 is 6.06. The average molecular weight is 352 g/mol. The fourth-order valence-electron chi connectivity index (χ4n) is 4.36. The van der Waals surface area contributed by atoms with Gasteiger partial charge in [0.05, 0.1) is 23.4 Å². The highest BCUT2D eigenvalue weighted by molar-refractivity contribution is 6.33. The van der Waals surface area contributed by atoms with Crippen LogP contribution in [0.3, 0.4) is 0 Å². The van der Waals surface area contributed by atoms with Crippen LogP contribution in [0, 0.1) is 11.8 Å². The zero-order chi connectivity index (χ0) is 17.3. The standard InChI is InChI=1S/C18H26ClN3O2/c1-3-22-10-11-5-4-6-12(11)16(22)9-21-18(23)13-7-14(19)15(20)8-17(13)24-2/h7-8,11-12,16H,3-6,9-10,20H2,1-2H3,(H,21,23). The maximum atomic E-state index is 12.6. The Kier molecular flexibility index (Phi) is 5.21. The number of nitrogens with one attached hydrogen (secondary N) is 1. The normalized spacial score (nSPS) is 26.4.